The molecule has 2 rings (SSSR count). The van der Waals surface area contributed by atoms with E-state index in [9.17, 15) is 13.2 Å². The highest BCUT2D eigenvalue weighted by molar-refractivity contribution is 7.89. The molecule has 0 spiro atoms. The molecule has 0 radical (unpaired) electrons. The van der Waals surface area contributed by atoms with Gasteiger partial charge in [0.2, 0.25) is 10.0 Å². The number of sulfonamides is 1. The van der Waals surface area contributed by atoms with Crippen LogP contribution in [-0.4, -0.2) is 48.4 Å². The molecule has 0 saturated carbocycles. The minimum absolute atomic E-state index is 0.0682. The fourth-order valence-electron chi connectivity index (χ4n) is 2.20. The van der Waals surface area contributed by atoms with Crippen LogP contribution in [0, 0.1) is 0 Å². The minimum Gasteiger partial charge on any atom is -0.481 e. The third-order valence-electron chi connectivity index (χ3n) is 3.31. The summed E-state index contributed by atoms with van der Waals surface area (Å²) in [5.41, 5.74) is 0. The number of aromatic nitrogens is 1. The number of carboxylic acid groups (broad SMARTS) is 1. The summed E-state index contributed by atoms with van der Waals surface area (Å²) in [6, 6.07) is 2.98. The van der Waals surface area contributed by atoms with Crippen LogP contribution in [-0.2, 0) is 14.8 Å². The molecule has 7 nitrogen and oxygen atoms in total. The molecular formula is C13H19N3O4S. The highest BCUT2D eigenvalue weighted by atomic mass is 32.2. The van der Waals surface area contributed by atoms with Gasteiger partial charge in [0, 0.05) is 38.3 Å². The number of nitrogens with zero attached hydrogens (tertiary/aromatic N) is 2. The number of rotatable bonds is 7. The molecule has 0 aliphatic carbocycles. The molecule has 1 aliphatic heterocycles. The molecule has 0 amide bonds. The maximum Gasteiger partial charge on any atom is 0.303 e. The number of carboxylic acids is 1. The molecule has 21 heavy (non-hydrogen) atoms. The SMILES string of the molecule is O=C(O)CCCNc1cc(S(=O)(=O)N2CCCC2)ccn1. The molecular weight excluding hydrogens is 294 g/mol. The van der Waals surface area contributed by atoms with Crippen LogP contribution in [0.4, 0.5) is 5.82 Å². The molecule has 1 aromatic rings. The van der Waals surface area contributed by atoms with Crippen molar-refractivity contribution < 1.29 is 18.3 Å². The van der Waals surface area contributed by atoms with E-state index in [0.29, 0.717) is 31.9 Å². The summed E-state index contributed by atoms with van der Waals surface area (Å²) in [4.78, 5) is 14.7. The Labute approximate surface area is 124 Å². The Kier molecular flexibility index (Phi) is 5.13. The lowest BCUT2D eigenvalue weighted by Crippen LogP contribution is -2.28. The smallest absolute Gasteiger partial charge is 0.303 e. The summed E-state index contributed by atoms with van der Waals surface area (Å²) in [6.45, 7) is 1.56. The zero-order chi connectivity index (χ0) is 15.3. The molecule has 1 saturated heterocycles. The van der Waals surface area contributed by atoms with Gasteiger partial charge < -0.3 is 10.4 Å². The zero-order valence-electron chi connectivity index (χ0n) is 11.7. The maximum absolute atomic E-state index is 12.4. The molecule has 0 bridgehead atoms. The van der Waals surface area contributed by atoms with Crippen LogP contribution in [0.2, 0.25) is 0 Å². The average molecular weight is 313 g/mol. The van der Waals surface area contributed by atoms with Gasteiger partial charge in [-0.25, -0.2) is 13.4 Å². The third kappa shape index (κ3) is 4.15. The summed E-state index contributed by atoms with van der Waals surface area (Å²) >= 11 is 0. The zero-order valence-corrected chi connectivity index (χ0v) is 12.5. The fraction of sp³-hybridized carbons (Fsp3) is 0.538. The lowest BCUT2D eigenvalue weighted by molar-refractivity contribution is -0.137. The van der Waals surface area contributed by atoms with Gasteiger partial charge in [-0.05, 0) is 25.3 Å². The second-order valence-corrected chi connectivity index (χ2v) is 6.85. The number of nitrogens with one attached hydrogen (secondary N) is 1. The monoisotopic (exact) mass is 313 g/mol. The van der Waals surface area contributed by atoms with Crippen molar-refractivity contribution in [3.05, 3.63) is 18.3 Å². The van der Waals surface area contributed by atoms with Crippen LogP contribution in [0.3, 0.4) is 0 Å². The molecule has 116 valence electrons. The predicted molar refractivity (Wildman–Crippen MR) is 77.6 cm³/mol. The molecule has 2 heterocycles. The first kappa shape index (κ1) is 15.7. The van der Waals surface area contributed by atoms with Crippen LogP contribution in [0.15, 0.2) is 23.2 Å². The van der Waals surface area contributed by atoms with E-state index < -0.39 is 16.0 Å². The van der Waals surface area contributed by atoms with E-state index in [1.807, 2.05) is 0 Å². The van der Waals surface area contributed by atoms with Crippen molar-refractivity contribution in [2.45, 2.75) is 30.6 Å². The van der Waals surface area contributed by atoms with E-state index in [1.54, 1.807) is 0 Å². The van der Waals surface area contributed by atoms with Crippen LogP contribution in [0.25, 0.3) is 0 Å². The van der Waals surface area contributed by atoms with Crippen LogP contribution < -0.4 is 5.32 Å². The molecule has 1 aromatic heterocycles. The molecule has 0 atom stereocenters. The van der Waals surface area contributed by atoms with Gasteiger partial charge >= 0.3 is 5.97 Å². The largest absolute Gasteiger partial charge is 0.481 e. The van der Waals surface area contributed by atoms with E-state index in [-0.39, 0.29) is 11.3 Å². The van der Waals surface area contributed by atoms with Crippen LogP contribution in [0.5, 0.6) is 0 Å². The molecule has 8 heteroatoms. The summed E-state index contributed by atoms with van der Waals surface area (Å²) in [6.07, 6.45) is 3.76. The summed E-state index contributed by atoms with van der Waals surface area (Å²) in [5, 5.41) is 11.5. The number of hydrogen-bond donors (Lipinski definition) is 2. The van der Waals surface area contributed by atoms with E-state index in [0.717, 1.165) is 12.8 Å². The molecule has 0 unspecified atom stereocenters. The van der Waals surface area contributed by atoms with Gasteiger partial charge in [-0.15, -0.1) is 0 Å². The van der Waals surface area contributed by atoms with Crippen molar-refractivity contribution in [1.29, 1.82) is 0 Å². The second kappa shape index (κ2) is 6.86. The number of aliphatic carboxylic acids is 1. The Morgan fingerprint density at radius 3 is 2.76 bits per heavy atom. The predicted octanol–water partition coefficient (Wildman–Crippen LogP) is 1.14. The topological polar surface area (TPSA) is 99.6 Å². The highest BCUT2D eigenvalue weighted by Gasteiger charge is 2.27. The molecule has 1 fully saturated rings. The van der Waals surface area contributed by atoms with E-state index in [2.05, 4.69) is 10.3 Å². The Hall–Kier alpha value is -1.67. The summed E-state index contributed by atoms with van der Waals surface area (Å²) < 4.78 is 26.3. The van der Waals surface area contributed by atoms with Crippen molar-refractivity contribution in [2.75, 3.05) is 25.0 Å². The maximum atomic E-state index is 12.4. The quantitative estimate of drug-likeness (QED) is 0.732. The van der Waals surface area contributed by atoms with Crippen LogP contribution in [0.1, 0.15) is 25.7 Å². The van der Waals surface area contributed by atoms with Crippen molar-refractivity contribution in [3.8, 4) is 0 Å². The third-order valence-corrected chi connectivity index (χ3v) is 5.20. The molecule has 0 aromatic carbocycles. The summed E-state index contributed by atoms with van der Waals surface area (Å²) in [5.74, 6) is -0.407. The van der Waals surface area contributed by atoms with Crippen molar-refractivity contribution in [2.24, 2.45) is 0 Å². The first-order chi connectivity index (χ1) is 10.00. The lowest BCUT2D eigenvalue weighted by Gasteiger charge is -2.16. The Bertz CT molecular complexity index is 597. The van der Waals surface area contributed by atoms with Gasteiger partial charge in [0.15, 0.2) is 0 Å². The minimum atomic E-state index is -3.45. The Morgan fingerprint density at radius 2 is 2.10 bits per heavy atom. The van der Waals surface area contributed by atoms with Crippen LogP contribution >= 0.6 is 0 Å². The van der Waals surface area contributed by atoms with Gasteiger partial charge in [-0.1, -0.05) is 0 Å². The fourth-order valence-corrected chi connectivity index (χ4v) is 3.73. The van der Waals surface area contributed by atoms with Gasteiger partial charge in [0.05, 0.1) is 4.90 Å². The highest BCUT2D eigenvalue weighted by Crippen LogP contribution is 2.21. The van der Waals surface area contributed by atoms with E-state index in [1.165, 1.54) is 22.6 Å². The van der Waals surface area contributed by atoms with E-state index >= 15 is 0 Å². The first-order valence-corrected chi connectivity index (χ1v) is 8.36. The summed E-state index contributed by atoms with van der Waals surface area (Å²) in [7, 11) is -3.45. The Morgan fingerprint density at radius 1 is 1.38 bits per heavy atom. The standard InChI is InChI=1S/C13H19N3O4S/c17-13(18)4-3-6-14-12-10-11(5-7-15-12)21(19,20)16-8-1-2-9-16/h5,7,10H,1-4,6,8-9H2,(H,14,15)(H,17,18). The average Bonchev–Trinajstić information content (AvgIpc) is 2.98. The van der Waals surface area contributed by atoms with Crippen molar-refractivity contribution in [3.63, 3.8) is 0 Å². The molecule has 1 aliphatic rings. The van der Waals surface area contributed by atoms with Crippen molar-refractivity contribution in [1.82, 2.24) is 9.29 Å². The lowest BCUT2D eigenvalue weighted by atomic mass is 10.3. The van der Waals surface area contributed by atoms with Gasteiger partial charge in [-0.2, -0.15) is 4.31 Å². The van der Waals surface area contributed by atoms with Gasteiger partial charge in [0.1, 0.15) is 5.82 Å². The van der Waals surface area contributed by atoms with E-state index in [4.69, 9.17) is 5.11 Å². The first-order valence-electron chi connectivity index (χ1n) is 6.92. The number of anilines is 1. The Balaban J connectivity index is 2.01. The van der Waals surface area contributed by atoms with Crippen molar-refractivity contribution >= 4 is 21.8 Å². The normalized spacial score (nSPS) is 16.0. The number of carbonyl (C=O) groups is 1. The van der Waals surface area contributed by atoms with Gasteiger partial charge in [-0.3, -0.25) is 4.79 Å². The van der Waals surface area contributed by atoms with Gasteiger partial charge in [0.25, 0.3) is 0 Å². The number of pyridine rings is 1. The number of hydrogen-bond acceptors (Lipinski definition) is 5. The second-order valence-electron chi connectivity index (χ2n) is 4.91. The molecule has 2 N–H and O–H groups in total.